The summed E-state index contributed by atoms with van der Waals surface area (Å²) in [6.45, 7) is 3.83. The minimum absolute atomic E-state index is 0.191. The highest BCUT2D eigenvalue weighted by molar-refractivity contribution is 5.85. The fourth-order valence-electron chi connectivity index (χ4n) is 2.31. The summed E-state index contributed by atoms with van der Waals surface area (Å²) in [5, 5.41) is 9.59. The van der Waals surface area contributed by atoms with Crippen molar-refractivity contribution in [3.63, 3.8) is 0 Å². The number of likely N-dealkylation sites (tertiary alicyclic amines) is 1. The Hall–Kier alpha value is -0.610. The number of carbonyl (C=O) groups is 1. The smallest absolute Gasteiger partial charge is 0.230 e. The molecule has 1 aliphatic heterocycles. The van der Waals surface area contributed by atoms with Gasteiger partial charge in [-0.15, -0.1) is 0 Å². The Balaban J connectivity index is 1.97. The molecule has 4 heteroatoms. The predicted octanol–water partition coefficient (Wildman–Crippen LogP) is -0.0454. The van der Waals surface area contributed by atoms with Crippen LogP contribution < -0.4 is 5.73 Å². The second kappa shape index (κ2) is 3.76. The van der Waals surface area contributed by atoms with Gasteiger partial charge in [0, 0.05) is 19.6 Å². The van der Waals surface area contributed by atoms with Crippen LogP contribution in [-0.2, 0) is 4.79 Å². The Morgan fingerprint density at radius 1 is 1.60 bits per heavy atom. The summed E-state index contributed by atoms with van der Waals surface area (Å²) < 4.78 is 0. The summed E-state index contributed by atoms with van der Waals surface area (Å²) in [4.78, 5) is 14.0. The molecule has 0 aromatic heterocycles. The first kappa shape index (κ1) is 10.9. The molecule has 15 heavy (non-hydrogen) atoms. The van der Waals surface area contributed by atoms with E-state index in [9.17, 15) is 9.90 Å². The third-order valence-corrected chi connectivity index (χ3v) is 3.85. The van der Waals surface area contributed by atoms with E-state index in [1.807, 2.05) is 11.8 Å². The average Bonchev–Trinajstić information content (AvgIpc) is 3.02. The monoisotopic (exact) mass is 212 g/mol. The lowest BCUT2D eigenvalue weighted by Gasteiger charge is -2.36. The maximum Gasteiger partial charge on any atom is 0.230 e. The zero-order chi connectivity index (χ0) is 11.1. The lowest BCUT2D eigenvalue weighted by atomic mass is 9.94. The van der Waals surface area contributed by atoms with Gasteiger partial charge in [-0.1, -0.05) is 6.92 Å². The van der Waals surface area contributed by atoms with E-state index in [2.05, 4.69) is 0 Å². The van der Waals surface area contributed by atoms with E-state index in [1.54, 1.807) is 0 Å². The van der Waals surface area contributed by atoms with Crippen LogP contribution in [0.25, 0.3) is 0 Å². The number of aliphatic hydroxyl groups is 1. The highest BCUT2D eigenvalue weighted by atomic mass is 16.3. The van der Waals surface area contributed by atoms with Crippen molar-refractivity contribution in [2.75, 3.05) is 19.6 Å². The topological polar surface area (TPSA) is 66.6 Å². The maximum atomic E-state index is 12.1. The van der Waals surface area contributed by atoms with E-state index < -0.39 is 0 Å². The molecule has 1 aliphatic carbocycles. The van der Waals surface area contributed by atoms with E-state index >= 15 is 0 Å². The number of hydrogen-bond acceptors (Lipinski definition) is 3. The van der Waals surface area contributed by atoms with E-state index in [1.165, 1.54) is 0 Å². The van der Waals surface area contributed by atoms with Crippen molar-refractivity contribution in [2.45, 2.75) is 32.3 Å². The summed E-state index contributed by atoms with van der Waals surface area (Å²) >= 11 is 0. The molecule has 1 amide bonds. The van der Waals surface area contributed by atoms with Gasteiger partial charge in [0.2, 0.25) is 5.91 Å². The molecule has 86 valence electrons. The largest absolute Gasteiger partial charge is 0.393 e. The molecular weight excluding hydrogens is 192 g/mol. The standard InChI is InChI=1S/C11H20N2O2/c1-8-6-13(5-2-9(8)14)10(15)11(7-12)3-4-11/h8-9,14H,2-7,12H2,1H3. The molecule has 0 aromatic rings. The number of carbonyl (C=O) groups excluding carboxylic acids is 1. The van der Waals surface area contributed by atoms with Crippen molar-refractivity contribution >= 4 is 5.91 Å². The fraction of sp³-hybridized carbons (Fsp3) is 0.909. The maximum absolute atomic E-state index is 12.1. The van der Waals surface area contributed by atoms with Gasteiger partial charge in [0.15, 0.2) is 0 Å². The zero-order valence-corrected chi connectivity index (χ0v) is 9.28. The second-order valence-corrected chi connectivity index (χ2v) is 5.07. The highest BCUT2D eigenvalue weighted by Gasteiger charge is 2.51. The minimum Gasteiger partial charge on any atom is -0.393 e. The molecule has 0 radical (unpaired) electrons. The van der Waals surface area contributed by atoms with Crippen LogP contribution in [0.3, 0.4) is 0 Å². The van der Waals surface area contributed by atoms with Crippen LogP contribution in [0, 0.1) is 11.3 Å². The Labute approximate surface area is 90.4 Å². The number of piperidine rings is 1. The van der Waals surface area contributed by atoms with E-state index in [4.69, 9.17) is 5.73 Å². The predicted molar refractivity (Wildman–Crippen MR) is 57.1 cm³/mol. The number of rotatable bonds is 2. The summed E-state index contributed by atoms with van der Waals surface area (Å²) in [5.74, 6) is 0.403. The molecule has 0 spiro atoms. The first-order valence-electron chi connectivity index (χ1n) is 5.76. The molecular formula is C11H20N2O2. The lowest BCUT2D eigenvalue weighted by Crippen LogP contribution is -2.49. The van der Waals surface area contributed by atoms with Crippen molar-refractivity contribution in [2.24, 2.45) is 17.1 Å². The zero-order valence-electron chi connectivity index (χ0n) is 9.28. The van der Waals surface area contributed by atoms with Gasteiger partial charge in [-0.2, -0.15) is 0 Å². The molecule has 1 saturated heterocycles. The van der Waals surface area contributed by atoms with Crippen LogP contribution in [0.5, 0.6) is 0 Å². The normalized spacial score (nSPS) is 33.9. The van der Waals surface area contributed by atoms with Gasteiger partial charge in [-0.3, -0.25) is 4.79 Å². The van der Waals surface area contributed by atoms with Crippen molar-refractivity contribution in [1.82, 2.24) is 4.90 Å². The molecule has 2 unspecified atom stereocenters. The third-order valence-electron chi connectivity index (χ3n) is 3.85. The first-order valence-corrected chi connectivity index (χ1v) is 5.76. The minimum atomic E-state index is -0.248. The molecule has 0 bridgehead atoms. The van der Waals surface area contributed by atoms with Crippen LogP contribution in [0.15, 0.2) is 0 Å². The highest BCUT2D eigenvalue weighted by Crippen LogP contribution is 2.46. The molecule has 1 saturated carbocycles. The molecule has 2 rings (SSSR count). The summed E-state index contributed by atoms with van der Waals surface area (Å²) in [6, 6.07) is 0. The molecule has 2 aliphatic rings. The van der Waals surface area contributed by atoms with Gasteiger partial charge in [-0.05, 0) is 25.2 Å². The molecule has 1 heterocycles. The van der Waals surface area contributed by atoms with Gasteiger partial charge in [-0.25, -0.2) is 0 Å². The van der Waals surface area contributed by atoms with Gasteiger partial charge in [0.05, 0.1) is 11.5 Å². The van der Waals surface area contributed by atoms with E-state index in [-0.39, 0.29) is 23.3 Å². The molecule has 2 atom stereocenters. The number of nitrogens with zero attached hydrogens (tertiary/aromatic N) is 1. The number of hydrogen-bond donors (Lipinski definition) is 2. The van der Waals surface area contributed by atoms with E-state index in [0.717, 1.165) is 12.8 Å². The van der Waals surface area contributed by atoms with Gasteiger partial charge < -0.3 is 15.7 Å². The van der Waals surface area contributed by atoms with Crippen molar-refractivity contribution < 1.29 is 9.90 Å². The Bertz CT molecular complexity index is 263. The van der Waals surface area contributed by atoms with Crippen LogP contribution >= 0.6 is 0 Å². The number of amides is 1. The Morgan fingerprint density at radius 2 is 2.27 bits per heavy atom. The second-order valence-electron chi connectivity index (χ2n) is 5.07. The summed E-state index contributed by atoms with van der Waals surface area (Å²) in [6.07, 6.45) is 2.33. The first-order chi connectivity index (χ1) is 7.09. The average molecular weight is 212 g/mol. The lowest BCUT2D eigenvalue weighted by molar-refractivity contribution is -0.140. The number of nitrogens with two attached hydrogens (primary N) is 1. The third kappa shape index (κ3) is 1.88. The summed E-state index contributed by atoms with van der Waals surface area (Å²) in [7, 11) is 0. The fourth-order valence-corrected chi connectivity index (χ4v) is 2.31. The number of aliphatic hydroxyl groups excluding tert-OH is 1. The van der Waals surface area contributed by atoms with Gasteiger partial charge in [0.25, 0.3) is 0 Å². The Kier molecular flexibility index (Phi) is 2.73. The van der Waals surface area contributed by atoms with Gasteiger partial charge in [0.1, 0.15) is 0 Å². The van der Waals surface area contributed by atoms with Crippen LogP contribution in [0.2, 0.25) is 0 Å². The molecule has 2 fully saturated rings. The molecule has 0 aromatic carbocycles. The van der Waals surface area contributed by atoms with E-state index in [0.29, 0.717) is 26.1 Å². The van der Waals surface area contributed by atoms with Crippen LogP contribution in [0.1, 0.15) is 26.2 Å². The summed E-state index contributed by atoms with van der Waals surface area (Å²) in [5.41, 5.74) is 5.41. The quantitative estimate of drug-likeness (QED) is 0.674. The Morgan fingerprint density at radius 3 is 2.73 bits per heavy atom. The van der Waals surface area contributed by atoms with Crippen molar-refractivity contribution in [3.05, 3.63) is 0 Å². The SMILES string of the molecule is CC1CN(C(=O)C2(CN)CC2)CCC1O. The van der Waals surface area contributed by atoms with Crippen LogP contribution in [0.4, 0.5) is 0 Å². The van der Waals surface area contributed by atoms with Crippen molar-refractivity contribution in [3.8, 4) is 0 Å². The van der Waals surface area contributed by atoms with Crippen molar-refractivity contribution in [1.29, 1.82) is 0 Å². The van der Waals surface area contributed by atoms with Crippen LogP contribution in [-0.4, -0.2) is 41.7 Å². The van der Waals surface area contributed by atoms with Gasteiger partial charge >= 0.3 is 0 Å². The molecule has 3 N–H and O–H groups in total. The molecule has 4 nitrogen and oxygen atoms in total.